The van der Waals surface area contributed by atoms with E-state index in [2.05, 4.69) is 10.3 Å². The van der Waals surface area contributed by atoms with Crippen LogP contribution >= 0.6 is 0 Å². The molecule has 0 radical (unpaired) electrons. The first-order valence-corrected chi connectivity index (χ1v) is 10.7. The number of fused-ring (bicyclic) bond motifs is 2. The minimum absolute atomic E-state index is 0.0528. The molecule has 4 rings (SSSR count). The second kappa shape index (κ2) is 9.64. The summed E-state index contributed by atoms with van der Waals surface area (Å²) in [5.74, 6) is 1.14. The topological polar surface area (TPSA) is 80.2 Å². The molecule has 7 nitrogen and oxygen atoms in total. The fourth-order valence-electron chi connectivity index (χ4n) is 3.89. The van der Waals surface area contributed by atoms with E-state index in [1.54, 1.807) is 0 Å². The SMILES string of the molecule is CC(=O)OCCCCCCOc1ccc2c(c1)CN1C(=N2)NC(=O)C1c1ccccc1. The van der Waals surface area contributed by atoms with Crippen molar-refractivity contribution in [2.45, 2.75) is 45.2 Å². The zero-order valence-electron chi connectivity index (χ0n) is 17.7. The van der Waals surface area contributed by atoms with Gasteiger partial charge in [-0.15, -0.1) is 0 Å². The lowest BCUT2D eigenvalue weighted by Gasteiger charge is -2.28. The molecule has 1 saturated heterocycles. The summed E-state index contributed by atoms with van der Waals surface area (Å²) >= 11 is 0. The van der Waals surface area contributed by atoms with Crippen molar-refractivity contribution >= 4 is 23.5 Å². The number of hydrogen-bond donors (Lipinski definition) is 1. The Hall–Kier alpha value is -3.35. The van der Waals surface area contributed by atoms with Crippen LogP contribution in [0.4, 0.5) is 5.69 Å². The second-order valence-corrected chi connectivity index (χ2v) is 7.76. The lowest BCUT2D eigenvalue weighted by atomic mass is 10.0. The normalized spacial score (nSPS) is 16.8. The van der Waals surface area contributed by atoms with E-state index in [9.17, 15) is 9.59 Å². The number of guanidine groups is 1. The van der Waals surface area contributed by atoms with Crippen LogP contribution in [0.1, 0.15) is 49.8 Å². The molecule has 2 aromatic rings. The maximum Gasteiger partial charge on any atom is 0.302 e. The maximum absolute atomic E-state index is 12.6. The van der Waals surface area contributed by atoms with E-state index in [1.807, 2.05) is 53.4 Å². The van der Waals surface area contributed by atoms with Gasteiger partial charge in [0.25, 0.3) is 5.91 Å². The van der Waals surface area contributed by atoms with Gasteiger partial charge in [-0.2, -0.15) is 0 Å². The van der Waals surface area contributed by atoms with Gasteiger partial charge in [-0.05, 0) is 49.4 Å². The summed E-state index contributed by atoms with van der Waals surface area (Å²) in [7, 11) is 0. The molecule has 1 fully saturated rings. The van der Waals surface area contributed by atoms with Crippen molar-refractivity contribution in [3.63, 3.8) is 0 Å². The Morgan fingerprint density at radius 3 is 2.65 bits per heavy atom. The van der Waals surface area contributed by atoms with Crippen molar-refractivity contribution in [3.05, 3.63) is 59.7 Å². The van der Waals surface area contributed by atoms with E-state index >= 15 is 0 Å². The van der Waals surface area contributed by atoms with Crippen molar-refractivity contribution in [3.8, 4) is 5.75 Å². The standard InChI is InChI=1S/C24H27N3O4/c1-17(28)30-13-7-2-3-8-14-31-20-11-12-21-19(15-20)16-27-22(18-9-5-4-6-10-18)23(29)26-24(27)25-21/h4-6,9-12,15,22H,2-3,7-8,13-14,16H2,1H3,(H,25,26,29). The number of nitrogens with zero attached hydrogens (tertiary/aromatic N) is 2. The molecule has 162 valence electrons. The lowest BCUT2D eigenvalue weighted by molar-refractivity contribution is -0.141. The van der Waals surface area contributed by atoms with E-state index in [0.29, 0.717) is 25.7 Å². The summed E-state index contributed by atoms with van der Waals surface area (Å²) in [4.78, 5) is 30.0. The second-order valence-electron chi connectivity index (χ2n) is 7.76. The number of benzene rings is 2. The Morgan fingerprint density at radius 2 is 1.87 bits per heavy atom. The summed E-state index contributed by atoms with van der Waals surface area (Å²) in [6, 6.07) is 15.3. The molecule has 1 amide bonds. The van der Waals surface area contributed by atoms with Crippen LogP contribution in [0.15, 0.2) is 53.5 Å². The molecular formula is C24H27N3O4. The molecule has 2 heterocycles. The van der Waals surface area contributed by atoms with E-state index in [1.165, 1.54) is 6.92 Å². The van der Waals surface area contributed by atoms with E-state index in [-0.39, 0.29) is 17.9 Å². The van der Waals surface area contributed by atoms with Crippen molar-refractivity contribution in [1.82, 2.24) is 10.2 Å². The summed E-state index contributed by atoms with van der Waals surface area (Å²) in [5, 5.41) is 2.91. The summed E-state index contributed by atoms with van der Waals surface area (Å²) < 4.78 is 10.9. The van der Waals surface area contributed by atoms with Gasteiger partial charge in [-0.1, -0.05) is 30.3 Å². The van der Waals surface area contributed by atoms with Gasteiger partial charge in [0.1, 0.15) is 11.8 Å². The predicted molar refractivity (Wildman–Crippen MR) is 117 cm³/mol. The fraction of sp³-hybridized carbons (Fsp3) is 0.375. The molecule has 0 saturated carbocycles. The Morgan fingerprint density at radius 1 is 1.10 bits per heavy atom. The minimum Gasteiger partial charge on any atom is -0.494 e. The number of aliphatic imine (C=N–C) groups is 1. The van der Waals surface area contributed by atoms with E-state index in [4.69, 9.17) is 9.47 Å². The van der Waals surface area contributed by atoms with E-state index < -0.39 is 0 Å². The zero-order valence-corrected chi connectivity index (χ0v) is 17.7. The number of nitrogens with one attached hydrogen (secondary N) is 1. The highest BCUT2D eigenvalue weighted by Crippen LogP contribution is 2.36. The van der Waals surface area contributed by atoms with Gasteiger partial charge in [0.15, 0.2) is 0 Å². The number of esters is 1. The number of unbranched alkanes of at least 4 members (excludes halogenated alkanes) is 3. The van der Waals surface area contributed by atoms with Crippen LogP contribution in [-0.4, -0.2) is 35.9 Å². The molecule has 0 aromatic heterocycles. The first-order chi connectivity index (χ1) is 15.1. The minimum atomic E-state index is -0.371. The first-order valence-electron chi connectivity index (χ1n) is 10.7. The number of rotatable bonds is 9. The number of hydrogen-bond acceptors (Lipinski definition) is 6. The molecule has 1 atom stereocenters. The predicted octanol–water partition coefficient (Wildman–Crippen LogP) is 3.86. The van der Waals surface area contributed by atoms with Crippen LogP contribution in [0.25, 0.3) is 0 Å². The molecule has 1 N–H and O–H groups in total. The van der Waals surface area contributed by atoms with E-state index in [0.717, 1.165) is 48.2 Å². The van der Waals surface area contributed by atoms with Crippen LogP contribution in [0.5, 0.6) is 5.75 Å². The smallest absolute Gasteiger partial charge is 0.302 e. The van der Waals surface area contributed by atoms with Gasteiger partial charge in [0, 0.05) is 19.0 Å². The molecule has 0 aliphatic carbocycles. The molecule has 0 bridgehead atoms. The van der Waals surface area contributed by atoms with Gasteiger partial charge in [0.05, 0.1) is 18.9 Å². The number of carbonyl (C=O) groups excluding carboxylic acids is 2. The molecule has 31 heavy (non-hydrogen) atoms. The number of carbonyl (C=O) groups is 2. The van der Waals surface area contributed by atoms with Crippen LogP contribution < -0.4 is 10.1 Å². The van der Waals surface area contributed by atoms with Crippen LogP contribution in [0.3, 0.4) is 0 Å². The number of amides is 1. The third-order valence-electron chi connectivity index (χ3n) is 5.41. The summed E-state index contributed by atoms with van der Waals surface area (Å²) in [5.41, 5.74) is 2.85. The average molecular weight is 421 g/mol. The monoisotopic (exact) mass is 421 g/mol. The molecule has 2 aliphatic rings. The van der Waals surface area contributed by atoms with Gasteiger partial charge in [-0.3, -0.25) is 14.9 Å². The Bertz CT molecular complexity index is 974. The van der Waals surface area contributed by atoms with Crippen molar-refractivity contribution in [2.24, 2.45) is 4.99 Å². The maximum atomic E-state index is 12.6. The fourth-order valence-corrected chi connectivity index (χ4v) is 3.89. The van der Waals surface area contributed by atoms with Crippen molar-refractivity contribution < 1.29 is 19.1 Å². The molecule has 0 spiro atoms. The molecule has 2 aliphatic heterocycles. The van der Waals surface area contributed by atoms with Gasteiger partial charge < -0.3 is 14.4 Å². The van der Waals surface area contributed by atoms with Gasteiger partial charge >= 0.3 is 5.97 Å². The molecule has 7 heteroatoms. The molecule has 2 aromatic carbocycles. The highest BCUT2D eigenvalue weighted by Gasteiger charge is 2.39. The van der Waals surface area contributed by atoms with Gasteiger partial charge in [-0.25, -0.2) is 4.99 Å². The third-order valence-corrected chi connectivity index (χ3v) is 5.41. The first kappa shape index (κ1) is 20.9. The molecular weight excluding hydrogens is 394 g/mol. The average Bonchev–Trinajstić information content (AvgIpc) is 3.08. The highest BCUT2D eigenvalue weighted by atomic mass is 16.5. The summed E-state index contributed by atoms with van der Waals surface area (Å²) in [6.45, 7) is 3.15. The van der Waals surface area contributed by atoms with Gasteiger partial charge in [0.2, 0.25) is 5.96 Å². The van der Waals surface area contributed by atoms with Crippen LogP contribution in [0.2, 0.25) is 0 Å². The Balaban J connectivity index is 1.32. The lowest BCUT2D eigenvalue weighted by Crippen LogP contribution is -2.33. The third kappa shape index (κ3) is 5.05. The quantitative estimate of drug-likeness (QED) is 0.491. The number of ether oxygens (including phenoxy) is 2. The zero-order chi connectivity index (χ0) is 21.6. The Labute approximate surface area is 182 Å². The largest absolute Gasteiger partial charge is 0.494 e. The highest BCUT2D eigenvalue weighted by molar-refractivity contribution is 6.08. The Kier molecular flexibility index (Phi) is 6.50. The van der Waals surface area contributed by atoms with Crippen LogP contribution in [0, 0.1) is 0 Å². The molecule has 1 unspecified atom stereocenters. The summed E-state index contributed by atoms with van der Waals surface area (Å²) in [6.07, 6.45) is 3.86. The van der Waals surface area contributed by atoms with Crippen molar-refractivity contribution in [1.29, 1.82) is 0 Å². The van der Waals surface area contributed by atoms with Crippen LogP contribution in [-0.2, 0) is 20.9 Å². The van der Waals surface area contributed by atoms with Crippen molar-refractivity contribution in [2.75, 3.05) is 13.2 Å².